The molecule has 2 bridgehead atoms. The van der Waals surface area contributed by atoms with Crippen LogP contribution in [0.15, 0.2) is 36.4 Å². The van der Waals surface area contributed by atoms with Crippen molar-refractivity contribution in [3.63, 3.8) is 0 Å². The summed E-state index contributed by atoms with van der Waals surface area (Å²) < 4.78 is 0. The lowest BCUT2D eigenvalue weighted by atomic mass is 9.88. The molecule has 0 saturated heterocycles. The number of nitrogens with one attached hydrogen (secondary N) is 1. The van der Waals surface area contributed by atoms with E-state index in [2.05, 4.69) is 29.6 Å². The van der Waals surface area contributed by atoms with Crippen LogP contribution in [0, 0.1) is 11.8 Å². The first-order valence-corrected chi connectivity index (χ1v) is 7.95. The lowest BCUT2D eigenvalue weighted by molar-refractivity contribution is 0.406. The number of aromatic nitrogens is 2. The van der Waals surface area contributed by atoms with E-state index in [0.717, 1.165) is 29.2 Å². The van der Waals surface area contributed by atoms with Crippen LogP contribution in [0.4, 0.5) is 5.82 Å². The molecule has 3 nitrogen and oxygen atoms in total. The molecule has 1 N–H and O–H groups in total. The minimum absolute atomic E-state index is 0.569. The predicted octanol–water partition coefficient (Wildman–Crippen LogP) is 4.09. The van der Waals surface area contributed by atoms with Gasteiger partial charge in [0, 0.05) is 24.6 Å². The van der Waals surface area contributed by atoms with Gasteiger partial charge in [0.25, 0.3) is 0 Å². The van der Waals surface area contributed by atoms with Crippen molar-refractivity contribution in [2.45, 2.75) is 31.6 Å². The zero-order valence-corrected chi connectivity index (χ0v) is 12.4. The first-order chi connectivity index (χ1) is 10.3. The fraction of sp³-hybridized carbons (Fsp3) is 0.444. The van der Waals surface area contributed by atoms with Crippen LogP contribution in [-0.2, 0) is 0 Å². The first kappa shape index (κ1) is 12.8. The number of hydrogen-bond donors (Lipinski definition) is 1. The van der Waals surface area contributed by atoms with Crippen molar-refractivity contribution in [3.8, 4) is 11.3 Å². The van der Waals surface area contributed by atoms with Gasteiger partial charge in [0.05, 0.1) is 5.69 Å². The maximum absolute atomic E-state index is 4.90. The van der Waals surface area contributed by atoms with E-state index >= 15 is 0 Å². The third-order valence-corrected chi connectivity index (χ3v) is 5.14. The fourth-order valence-electron chi connectivity index (χ4n) is 4.08. The second-order valence-electron chi connectivity index (χ2n) is 6.39. The molecule has 21 heavy (non-hydrogen) atoms. The average Bonchev–Trinajstić information content (AvgIpc) is 3.18. The van der Waals surface area contributed by atoms with Gasteiger partial charge in [0.1, 0.15) is 11.6 Å². The molecule has 3 atom stereocenters. The molecule has 2 aliphatic carbocycles. The van der Waals surface area contributed by atoms with Crippen LogP contribution in [0.5, 0.6) is 0 Å². The second-order valence-corrected chi connectivity index (χ2v) is 6.39. The smallest absolute Gasteiger partial charge is 0.134 e. The summed E-state index contributed by atoms with van der Waals surface area (Å²) in [6.45, 7) is 0. The Morgan fingerprint density at radius 2 is 1.90 bits per heavy atom. The van der Waals surface area contributed by atoms with E-state index in [9.17, 15) is 0 Å². The third kappa shape index (κ3) is 2.31. The Morgan fingerprint density at radius 1 is 1.05 bits per heavy atom. The van der Waals surface area contributed by atoms with E-state index in [1.165, 1.54) is 31.2 Å². The Hall–Kier alpha value is -1.90. The topological polar surface area (TPSA) is 37.8 Å². The summed E-state index contributed by atoms with van der Waals surface area (Å²) in [7, 11) is 1.93. The third-order valence-electron chi connectivity index (χ3n) is 5.14. The highest BCUT2D eigenvalue weighted by Crippen LogP contribution is 2.52. The monoisotopic (exact) mass is 279 g/mol. The van der Waals surface area contributed by atoms with Crippen molar-refractivity contribution >= 4 is 5.82 Å². The second kappa shape index (κ2) is 5.14. The summed E-state index contributed by atoms with van der Waals surface area (Å²) in [6, 6.07) is 12.5. The maximum Gasteiger partial charge on any atom is 0.134 e. The van der Waals surface area contributed by atoms with Crippen molar-refractivity contribution in [2.24, 2.45) is 11.8 Å². The molecular formula is C18H21N3. The molecule has 1 aromatic carbocycles. The van der Waals surface area contributed by atoms with Gasteiger partial charge in [-0.05, 0) is 31.1 Å². The van der Waals surface area contributed by atoms with E-state index < -0.39 is 0 Å². The highest BCUT2D eigenvalue weighted by molar-refractivity contribution is 5.62. The quantitative estimate of drug-likeness (QED) is 0.919. The summed E-state index contributed by atoms with van der Waals surface area (Å²) in [5.41, 5.74) is 2.20. The molecule has 2 aromatic rings. The van der Waals surface area contributed by atoms with Gasteiger partial charge < -0.3 is 5.32 Å². The molecule has 0 aliphatic heterocycles. The van der Waals surface area contributed by atoms with Crippen LogP contribution in [0.25, 0.3) is 11.3 Å². The average molecular weight is 279 g/mol. The molecule has 2 aliphatic rings. The van der Waals surface area contributed by atoms with Gasteiger partial charge >= 0.3 is 0 Å². The molecule has 2 saturated carbocycles. The van der Waals surface area contributed by atoms with Crippen molar-refractivity contribution < 1.29 is 0 Å². The minimum Gasteiger partial charge on any atom is -0.373 e. The molecule has 4 rings (SSSR count). The van der Waals surface area contributed by atoms with Gasteiger partial charge in [-0.15, -0.1) is 0 Å². The molecule has 0 amide bonds. The van der Waals surface area contributed by atoms with Crippen molar-refractivity contribution in [3.05, 3.63) is 42.2 Å². The largest absolute Gasteiger partial charge is 0.373 e. The van der Waals surface area contributed by atoms with Crippen molar-refractivity contribution in [1.82, 2.24) is 9.97 Å². The summed E-state index contributed by atoms with van der Waals surface area (Å²) in [6.07, 6.45) is 5.45. The molecule has 108 valence electrons. The number of fused-ring (bicyclic) bond motifs is 2. The lowest BCUT2D eigenvalue weighted by Crippen LogP contribution is -2.13. The highest BCUT2D eigenvalue weighted by Gasteiger charge is 2.41. The van der Waals surface area contributed by atoms with Gasteiger partial charge in [-0.25, -0.2) is 9.97 Å². The summed E-state index contributed by atoms with van der Waals surface area (Å²) in [4.78, 5) is 9.66. The SMILES string of the molecule is CNc1cc(-c2ccccc2)nc(C2CC3CCC2C3)n1. The van der Waals surface area contributed by atoms with Gasteiger partial charge in [-0.2, -0.15) is 0 Å². The van der Waals surface area contributed by atoms with Crippen LogP contribution < -0.4 is 5.32 Å². The zero-order chi connectivity index (χ0) is 14.2. The molecule has 0 radical (unpaired) electrons. The molecule has 2 fully saturated rings. The Kier molecular flexibility index (Phi) is 3.13. The standard InChI is InChI=1S/C18H21N3/c1-19-17-11-16(13-5-3-2-4-6-13)20-18(21-17)15-10-12-7-8-14(15)9-12/h2-6,11-12,14-15H,7-10H2,1H3,(H,19,20,21). The summed E-state index contributed by atoms with van der Waals surface area (Å²) >= 11 is 0. The van der Waals surface area contributed by atoms with E-state index in [0.29, 0.717) is 5.92 Å². The number of hydrogen-bond acceptors (Lipinski definition) is 3. The Labute approximate surface area is 125 Å². The van der Waals surface area contributed by atoms with Crippen LogP contribution >= 0.6 is 0 Å². The van der Waals surface area contributed by atoms with Gasteiger partial charge in [-0.1, -0.05) is 36.8 Å². The van der Waals surface area contributed by atoms with E-state index in [1.807, 2.05) is 19.2 Å². The number of benzene rings is 1. The minimum atomic E-state index is 0.569. The molecular weight excluding hydrogens is 258 g/mol. The van der Waals surface area contributed by atoms with Crippen molar-refractivity contribution in [2.75, 3.05) is 12.4 Å². The number of rotatable bonds is 3. The molecule has 1 aromatic heterocycles. The molecule has 1 heterocycles. The predicted molar refractivity (Wildman–Crippen MR) is 85.2 cm³/mol. The highest BCUT2D eigenvalue weighted by atomic mass is 15.0. The summed E-state index contributed by atoms with van der Waals surface area (Å²) in [5, 5.41) is 3.19. The zero-order valence-electron chi connectivity index (χ0n) is 12.4. The van der Waals surface area contributed by atoms with Crippen LogP contribution in [-0.4, -0.2) is 17.0 Å². The lowest BCUT2D eigenvalue weighted by Gasteiger charge is -2.21. The Morgan fingerprint density at radius 3 is 2.57 bits per heavy atom. The van der Waals surface area contributed by atoms with Crippen molar-refractivity contribution in [1.29, 1.82) is 0 Å². The van der Waals surface area contributed by atoms with Gasteiger partial charge in [-0.3, -0.25) is 0 Å². The normalized spacial score (nSPS) is 27.0. The Bertz CT molecular complexity index is 638. The molecule has 0 spiro atoms. The van der Waals surface area contributed by atoms with Crippen LogP contribution in [0.2, 0.25) is 0 Å². The van der Waals surface area contributed by atoms with Crippen LogP contribution in [0.3, 0.4) is 0 Å². The van der Waals surface area contributed by atoms with Crippen LogP contribution in [0.1, 0.15) is 37.4 Å². The number of anilines is 1. The molecule has 3 heteroatoms. The maximum atomic E-state index is 4.90. The first-order valence-electron chi connectivity index (χ1n) is 7.95. The molecule has 3 unspecified atom stereocenters. The fourth-order valence-corrected chi connectivity index (χ4v) is 4.08. The van der Waals surface area contributed by atoms with Gasteiger partial charge in [0.2, 0.25) is 0 Å². The van der Waals surface area contributed by atoms with E-state index in [4.69, 9.17) is 9.97 Å². The van der Waals surface area contributed by atoms with Gasteiger partial charge in [0.15, 0.2) is 0 Å². The number of nitrogens with zero attached hydrogens (tertiary/aromatic N) is 2. The summed E-state index contributed by atoms with van der Waals surface area (Å²) in [5.74, 6) is 4.28. The van der Waals surface area contributed by atoms with E-state index in [-0.39, 0.29) is 0 Å². The Balaban J connectivity index is 1.74. The van der Waals surface area contributed by atoms with E-state index in [1.54, 1.807) is 0 Å².